The summed E-state index contributed by atoms with van der Waals surface area (Å²) in [5.74, 6) is 0.438. The molecule has 0 aliphatic carbocycles. The summed E-state index contributed by atoms with van der Waals surface area (Å²) in [5.41, 5.74) is 3.30. The molecule has 0 aliphatic rings. The first kappa shape index (κ1) is 9.28. The van der Waals surface area contributed by atoms with Crippen LogP contribution in [0, 0.1) is 0 Å². The lowest BCUT2D eigenvalue weighted by Gasteiger charge is -2.05. The van der Waals surface area contributed by atoms with Crippen molar-refractivity contribution in [1.29, 1.82) is 0 Å². The number of hydrogen-bond donors (Lipinski definition) is 2. The fourth-order valence-corrected chi connectivity index (χ4v) is 2.00. The zero-order valence-corrected chi connectivity index (χ0v) is 8.54. The molecule has 2 nitrogen and oxygen atoms in total. The van der Waals surface area contributed by atoms with Crippen LogP contribution in [0.4, 0.5) is 0 Å². The van der Waals surface area contributed by atoms with Crippen molar-refractivity contribution in [2.45, 2.75) is 26.4 Å². The van der Waals surface area contributed by atoms with E-state index < -0.39 is 0 Å². The minimum absolute atomic E-state index is 0.0855. The molecule has 14 heavy (non-hydrogen) atoms. The molecule has 0 fully saturated rings. The van der Waals surface area contributed by atoms with Crippen LogP contribution in [0.3, 0.4) is 0 Å². The summed E-state index contributed by atoms with van der Waals surface area (Å²) in [4.78, 5) is 3.25. The van der Waals surface area contributed by atoms with Crippen LogP contribution in [0.5, 0.6) is 0 Å². The summed E-state index contributed by atoms with van der Waals surface area (Å²) in [6.07, 6.45) is 0. The van der Waals surface area contributed by atoms with Gasteiger partial charge in [-0.2, -0.15) is 0 Å². The Hall–Kier alpha value is -1.28. The summed E-state index contributed by atoms with van der Waals surface area (Å²) < 4.78 is 0. The topological polar surface area (TPSA) is 36.0 Å². The van der Waals surface area contributed by atoms with Gasteiger partial charge < -0.3 is 10.1 Å². The molecule has 0 atom stereocenters. The van der Waals surface area contributed by atoms with E-state index in [-0.39, 0.29) is 6.61 Å². The van der Waals surface area contributed by atoms with E-state index in [0.29, 0.717) is 5.92 Å². The Morgan fingerprint density at radius 3 is 2.64 bits per heavy atom. The third-order valence-corrected chi connectivity index (χ3v) is 2.56. The summed E-state index contributed by atoms with van der Waals surface area (Å²) in [6.45, 7) is 4.38. The van der Waals surface area contributed by atoms with E-state index in [1.807, 2.05) is 18.2 Å². The normalized spacial score (nSPS) is 11.4. The number of aliphatic hydroxyl groups excluding tert-OH is 1. The number of aromatic amines is 1. The lowest BCUT2D eigenvalue weighted by atomic mass is 10.00. The molecule has 0 radical (unpaired) electrons. The van der Waals surface area contributed by atoms with Gasteiger partial charge in [-0.05, 0) is 17.5 Å². The van der Waals surface area contributed by atoms with E-state index in [1.54, 1.807) is 0 Å². The Morgan fingerprint density at radius 2 is 2.00 bits per heavy atom. The number of rotatable bonds is 2. The minimum atomic E-state index is 0.0855. The van der Waals surface area contributed by atoms with E-state index >= 15 is 0 Å². The average Bonchev–Trinajstić information content (AvgIpc) is 2.55. The van der Waals surface area contributed by atoms with Crippen LogP contribution in [-0.4, -0.2) is 10.1 Å². The van der Waals surface area contributed by atoms with Gasteiger partial charge in [0, 0.05) is 16.6 Å². The second kappa shape index (κ2) is 3.46. The molecule has 0 spiro atoms. The van der Waals surface area contributed by atoms with Crippen molar-refractivity contribution in [2.24, 2.45) is 0 Å². The maximum atomic E-state index is 9.24. The van der Waals surface area contributed by atoms with Crippen molar-refractivity contribution < 1.29 is 5.11 Å². The van der Waals surface area contributed by atoms with Crippen LogP contribution < -0.4 is 0 Å². The predicted octanol–water partition coefficient (Wildman–Crippen LogP) is 2.78. The third-order valence-electron chi connectivity index (χ3n) is 2.56. The fourth-order valence-electron chi connectivity index (χ4n) is 2.00. The second-order valence-corrected chi connectivity index (χ2v) is 3.88. The number of benzene rings is 1. The van der Waals surface area contributed by atoms with Crippen LogP contribution in [0.25, 0.3) is 10.9 Å². The van der Waals surface area contributed by atoms with Gasteiger partial charge in [0.2, 0.25) is 0 Å². The molecular weight excluding hydrogens is 174 g/mol. The molecule has 2 rings (SSSR count). The number of fused-ring (bicyclic) bond motifs is 1. The highest BCUT2D eigenvalue weighted by Gasteiger charge is 2.12. The van der Waals surface area contributed by atoms with Crippen molar-refractivity contribution in [3.63, 3.8) is 0 Å². The Labute approximate surface area is 83.6 Å². The van der Waals surface area contributed by atoms with Gasteiger partial charge in [0.15, 0.2) is 0 Å². The number of para-hydroxylation sites is 1. The van der Waals surface area contributed by atoms with Crippen molar-refractivity contribution in [3.8, 4) is 0 Å². The van der Waals surface area contributed by atoms with Gasteiger partial charge in [0.25, 0.3) is 0 Å². The maximum Gasteiger partial charge on any atom is 0.0834 e. The first-order valence-corrected chi connectivity index (χ1v) is 4.94. The number of nitrogens with one attached hydrogen (secondary N) is 1. The molecule has 0 amide bonds. The van der Waals surface area contributed by atoms with Gasteiger partial charge >= 0.3 is 0 Å². The minimum Gasteiger partial charge on any atom is -0.390 e. The highest BCUT2D eigenvalue weighted by atomic mass is 16.3. The summed E-state index contributed by atoms with van der Waals surface area (Å²) in [6, 6.07) is 8.17. The van der Waals surface area contributed by atoms with Crippen molar-refractivity contribution in [1.82, 2.24) is 4.98 Å². The van der Waals surface area contributed by atoms with Crippen LogP contribution >= 0.6 is 0 Å². The monoisotopic (exact) mass is 189 g/mol. The molecule has 1 aromatic carbocycles. The van der Waals surface area contributed by atoms with Crippen molar-refractivity contribution in [3.05, 3.63) is 35.5 Å². The van der Waals surface area contributed by atoms with Gasteiger partial charge in [-0.15, -0.1) is 0 Å². The van der Waals surface area contributed by atoms with Crippen LogP contribution in [0.15, 0.2) is 24.3 Å². The van der Waals surface area contributed by atoms with E-state index in [0.717, 1.165) is 11.2 Å². The third kappa shape index (κ3) is 1.32. The Morgan fingerprint density at radius 1 is 1.29 bits per heavy atom. The molecule has 0 unspecified atom stereocenters. The van der Waals surface area contributed by atoms with E-state index in [2.05, 4.69) is 24.9 Å². The molecule has 2 heteroatoms. The van der Waals surface area contributed by atoms with Crippen LogP contribution in [0.2, 0.25) is 0 Å². The fraction of sp³-hybridized carbons (Fsp3) is 0.333. The van der Waals surface area contributed by atoms with Gasteiger partial charge in [-0.1, -0.05) is 32.0 Å². The number of hydrogen-bond acceptors (Lipinski definition) is 1. The second-order valence-electron chi connectivity index (χ2n) is 3.88. The Bertz CT molecular complexity index is 443. The molecule has 0 saturated carbocycles. The highest BCUT2D eigenvalue weighted by molar-refractivity contribution is 5.85. The molecule has 2 N–H and O–H groups in total. The SMILES string of the molecule is CC(C)c1c(CO)[nH]c2ccccc12. The lowest BCUT2D eigenvalue weighted by Crippen LogP contribution is -1.93. The quantitative estimate of drug-likeness (QED) is 0.748. The molecule has 1 aromatic heterocycles. The molecule has 0 aliphatic heterocycles. The first-order chi connectivity index (χ1) is 6.74. The van der Waals surface area contributed by atoms with E-state index in [9.17, 15) is 5.11 Å². The maximum absolute atomic E-state index is 9.24. The first-order valence-electron chi connectivity index (χ1n) is 4.94. The smallest absolute Gasteiger partial charge is 0.0834 e. The zero-order chi connectivity index (χ0) is 10.1. The zero-order valence-electron chi connectivity index (χ0n) is 8.54. The van der Waals surface area contributed by atoms with Gasteiger partial charge in [-0.3, -0.25) is 0 Å². The van der Waals surface area contributed by atoms with Crippen molar-refractivity contribution >= 4 is 10.9 Å². The predicted molar refractivity (Wildman–Crippen MR) is 58.3 cm³/mol. The molecule has 74 valence electrons. The number of aliphatic hydroxyl groups is 1. The molecule has 2 aromatic rings. The van der Waals surface area contributed by atoms with Crippen LogP contribution in [0.1, 0.15) is 31.0 Å². The van der Waals surface area contributed by atoms with Gasteiger partial charge in [-0.25, -0.2) is 0 Å². The van der Waals surface area contributed by atoms with Gasteiger partial charge in [0.1, 0.15) is 0 Å². The Balaban J connectivity index is 2.74. The summed E-state index contributed by atoms with van der Waals surface area (Å²) >= 11 is 0. The van der Waals surface area contributed by atoms with E-state index in [1.165, 1.54) is 10.9 Å². The Kier molecular flexibility index (Phi) is 2.30. The average molecular weight is 189 g/mol. The lowest BCUT2D eigenvalue weighted by molar-refractivity contribution is 0.276. The molecule has 0 saturated heterocycles. The summed E-state index contributed by atoms with van der Waals surface area (Å²) in [5, 5.41) is 10.5. The van der Waals surface area contributed by atoms with E-state index in [4.69, 9.17) is 0 Å². The molecule has 0 bridgehead atoms. The molecular formula is C12H15NO. The van der Waals surface area contributed by atoms with Crippen LogP contribution in [-0.2, 0) is 6.61 Å². The number of aromatic nitrogens is 1. The van der Waals surface area contributed by atoms with Gasteiger partial charge in [0.05, 0.1) is 6.61 Å². The highest BCUT2D eigenvalue weighted by Crippen LogP contribution is 2.28. The standard InChI is InChI=1S/C12H15NO/c1-8(2)12-9-5-3-4-6-10(9)13-11(12)7-14/h3-6,8,13-14H,7H2,1-2H3. The van der Waals surface area contributed by atoms with Crippen molar-refractivity contribution in [2.75, 3.05) is 0 Å². The largest absolute Gasteiger partial charge is 0.390 e. The molecule has 1 heterocycles. The number of H-pyrrole nitrogens is 1. The summed E-state index contributed by atoms with van der Waals surface area (Å²) in [7, 11) is 0.